The molecule has 1 unspecified atom stereocenters. The molecule has 1 amide bonds. The Balaban J connectivity index is 1.66. The van der Waals surface area contributed by atoms with Crippen LogP contribution in [0, 0.1) is 6.92 Å². The maximum Gasteiger partial charge on any atom is 0.253 e. The summed E-state index contributed by atoms with van der Waals surface area (Å²) in [5.74, 6) is 1.40. The lowest BCUT2D eigenvalue weighted by atomic mass is 10.1. The number of amides is 1. The second-order valence-corrected chi connectivity index (χ2v) is 6.87. The number of halogens is 1. The third-order valence-electron chi connectivity index (χ3n) is 3.98. The van der Waals surface area contributed by atoms with Gasteiger partial charge in [-0.2, -0.15) is 0 Å². The van der Waals surface area contributed by atoms with Crippen LogP contribution < -0.4 is 10.5 Å². The van der Waals surface area contributed by atoms with Gasteiger partial charge in [-0.25, -0.2) is 0 Å². The van der Waals surface area contributed by atoms with E-state index in [1.54, 1.807) is 18.2 Å². The molecule has 24 heavy (non-hydrogen) atoms. The summed E-state index contributed by atoms with van der Waals surface area (Å²) in [5.41, 5.74) is 7.30. The van der Waals surface area contributed by atoms with Crippen molar-refractivity contribution in [3.63, 3.8) is 0 Å². The van der Waals surface area contributed by atoms with E-state index in [1.165, 1.54) is 0 Å². The highest BCUT2D eigenvalue weighted by Gasteiger charge is 2.22. The van der Waals surface area contributed by atoms with Crippen molar-refractivity contribution in [1.29, 1.82) is 0 Å². The summed E-state index contributed by atoms with van der Waals surface area (Å²) in [7, 11) is 0. The fourth-order valence-electron chi connectivity index (χ4n) is 2.77. The largest absolute Gasteiger partial charge is 0.486 e. The van der Waals surface area contributed by atoms with Crippen molar-refractivity contribution in [3.8, 4) is 5.75 Å². The van der Waals surface area contributed by atoms with E-state index in [1.807, 2.05) is 17.9 Å². The summed E-state index contributed by atoms with van der Waals surface area (Å²) < 4.78 is 11.5. The molecule has 0 spiro atoms. The van der Waals surface area contributed by atoms with Gasteiger partial charge in [0, 0.05) is 30.8 Å². The van der Waals surface area contributed by atoms with Crippen LogP contribution in [0.1, 0.15) is 34.7 Å². The fourth-order valence-corrected chi connectivity index (χ4v) is 3.26. The van der Waals surface area contributed by atoms with Gasteiger partial charge >= 0.3 is 0 Å². The molecule has 1 aromatic heterocycles. The van der Waals surface area contributed by atoms with Crippen molar-refractivity contribution in [2.45, 2.75) is 32.4 Å². The molecule has 1 saturated heterocycles. The summed E-state index contributed by atoms with van der Waals surface area (Å²) in [6, 6.07) is 7.24. The molecule has 1 atom stereocenters. The molecular formula is C17H20BrN3O3. The number of aromatic nitrogens is 1. The Morgan fingerprint density at radius 1 is 1.50 bits per heavy atom. The molecule has 1 aliphatic rings. The molecule has 0 saturated carbocycles. The molecule has 2 aromatic rings. The first kappa shape index (κ1) is 17.0. The Hall–Kier alpha value is -1.86. The Morgan fingerprint density at radius 3 is 3.00 bits per heavy atom. The number of carbonyl (C=O) groups excluding carboxylic acids is 1. The molecular weight excluding hydrogens is 374 g/mol. The lowest BCUT2D eigenvalue weighted by Gasteiger charge is -2.30. The van der Waals surface area contributed by atoms with Gasteiger partial charge in [0.15, 0.2) is 0 Å². The van der Waals surface area contributed by atoms with E-state index >= 15 is 0 Å². The highest BCUT2D eigenvalue weighted by atomic mass is 79.9. The Kier molecular flexibility index (Phi) is 5.20. The Morgan fingerprint density at radius 2 is 2.33 bits per heavy atom. The predicted octanol–water partition coefficient (Wildman–Crippen LogP) is 2.89. The average molecular weight is 394 g/mol. The van der Waals surface area contributed by atoms with Crippen LogP contribution in [0.25, 0.3) is 0 Å². The summed E-state index contributed by atoms with van der Waals surface area (Å²) in [6.07, 6.45) is 1.92. The average Bonchev–Trinajstić information content (AvgIpc) is 2.98. The van der Waals surface area contributed by atoms with E-state index in [0.29, 0.717) is 24.5 Å². The lowest BCUT2D eigenvalue weighted by molar-refractivity contribution is 0.0708. The van der Waals surface area contributed by atoms with Crippen LogP contribution in [-0.4, -0.2) is 35.1 Å². The van der Waals surface area contributed by atoms with Crippen molar-refractivity contribution in [1.82, 2.24) is 10.1 Å². The van der Waals surface area contributed by atoms with Gasteiger partial charge in [0.2, 0.25) is 0 Å². The van der Waals surface area contributed by atoms with Crippen molar-refractivity contribution in [3.05, 3.63) is 45.8 Å². The third-order valence-corrected chi connectivity index (χ3v) is 4.60. The molecule has 128 valence electrons. The molecule has 1 fully saturated rings. The normalized spacial score (nSPS) is 17.8. The first-order valence-electron chi connectivity index (χ1n) is 7.92. The van der Waals surface area contributed by atoms with E-state index in [2.05, 4.69) is 21.1 Å². The molecule has 6 nitrogen and oxygen atoms in total. The molecule has 3 rings (SSSR count). The van der Waals surface area contributed by atoms with Crippen LogP contribution in [-0.2, 0) is 6.61 Å². The second-order valence-electron chi connectivity index (χ2n) is 6.02. The highest BCUT2D eigenvalue weighted by Crippen LogP contribution is 2.27. The maximum atomic E-state index is 12.6. The minimum absolute atomic E-state index is 0.00419. The zero-order chi connectivity index (χ0) is 17.1. The molecule has 0 bridgehead atoms. The number of nitrogens with zero attached hydrogens (tertiary/aromatic N) is 2. The first-order chi connectivity index (χ1) is 11.5. The van der Waals surface area contributed by atoms with E-state index < -0.39 is 0 Å². The number of rotatable bonds is 4. The number of piperidine rings is 1. The van der Waals surface area contributed by atoms with E-state index in [4.69, 9.17) is 15.0 Å². The lowest BCUT2D eigenvalue weighted by Crippen LogP contribution is -2.45. The minimum Gasteiger partial charge on any atom is -0.486 e. The smallest absolute Gasteiger partial charge is 0.253 e. The molecule has 0 radical (unpaired) electrons. The number of nitrogens with two attached hydrogens (primary N) is 1. The maximum absolute atomic E-state index is 12.6. The van der Waals surface area contributed by atoms with Crippen LogP contribution in [0.15, 0.2) is 33.3 Å². The van der Waals surface area contributed by atoms with Gasteiger partial charge in [-0.3, -0.25) is 4.79 Å². The number of benzene rings is 1. The molecule has 7 heteroatoms. The van der Waals surface area contributed by atoms with Crippen LogP contribution in [0.2, 0.25) is 0 Å². The van der Waals surface area contributed by atoms with Gasteiger partial charge in [0.05, 0.1) is 4.47 Å². The zero-order valence-electron chi connectivity index (χ0n) is 13.5. The van der Waals surface area contributed by atoms with Crippen LogP contribution in [0.3, 0.4) is 0 Å². The molecule has 2 heterocycles. The van der Waals surface area contributed by atoms with Crippen LogP contribution >= 0.6 is 15.9 Å². The van der Waals surface area contributed by atoms with Gasteiger partial charge in [-0.15, -0.1) is 0 Å². The third kappa shape index (κ3) is 3.96. The highest BCUT2D eigenvalue weighted by molar-refractivity contribution is 9.10. The predicted molar refractivity (Wildman–Crippen MR) is 92.8 cm³/mol. The van der Waals surface area contributed by atoms with Crippen LogP contribution in [0.4, 0.5) is 0 Å². The van der Waals surface area contributed by atoms with E-state index in [0.717, 1.165) is 35.3 Å². The van der Waals surface area contributed by atoms with Gasteiger partial charge in [0.25, 0.3) is 5.91 Å². The van der Waals surface area contributed by atoms with Crippen molar-refractivity contribution in [2.75, 3.05) is 13.1 Å². The Bertz CT molecular complexity index is 732. The van der Waals surface area contributed by atoms with Gasteiger partial charge in [-0.05, 0) is 53.9 Å². The Labute approximate surface area is 149 Å². The van der Waals surface area contributed by atoms with Gasteiger partial charge < -0.3 is 19.9 Å². The summed E-state index contributed by atoms with van der Waals surface area (Å²) in [6.45, 7) is 3.51. The molecule has 0 aliphatic carbocycles. The number of ether oxygens (including phenoxy) is 1. The SMILES string of the molecule is Cc1cc(COc2ccc(C(=O)N3CCCC(N)C3)cc2Br)no1. The number of aryl methyl sites for hydroxylation is 1. The van der Waals surface area contributed by atoms with Crippen molar-refractivity contribution < 1.29 is 14.1 Å². The van der Waals surface area contributed by atoms with E-state index in [-0.39, 0.29) is 11.9 Å². The second kappa shape index (κ2) is 7.36. The monoisotopic (exact) mass is 393 g/mol. The van der Waals surface area contributed by atoms with E-state index in [9.17, 15) is 4.79 Å². The molecule has 2 N–H and O–H groups in total. The zero-order valence-corrected chi connectivity index (χ0v) is 15.1. The topological polar surface area (TPSA) is 81.6 Å². The summed E-state index contributed by atoms with van der Waals surface area (Å²) in [5, 5.41) is 3.89. The molecule has 1 aromatic carbocycles. The standard InChI is InChI=1S/C17H20BrN3O3/c1-11-7-14(20-24-11)10-23-16-5-4-12(8-15(16)18)17(22)21-6-2-3-13(19)9-21/h4-5,7-8,13H,2-3,6,9-10,19H2,1H3. The first-order valence-corrected chi connectivity index (χ1v) is 8.71. The van der Waals surface area contributed by atoms with Gasteiger partial charge in [-0.1, -0.05) is 5.16 Å². The quantitative estimate of drug-likeness (QED) is 0.863. The van der Waals surface area contributed by atoms with Crippen molar-refractivity contribution >= 4 is 21.8 Å². The summed E-state index contributed by atoms with van der Waals surface area (Å²) >= 11 is 3.47. The number of carbonyl (C=O) groups is 1. The fraction of sp³-hybridized carbons (Fsp3) is 0.412. The number of hydrogen-bond donors (Lipinski definition) is 1. The number of hydrogen-bond acceptors (Lipinski definition) is 5. The minimum atomic E-state index is 0.00419. The van der Waals surface area contributed by atoms with Gasteiger partial charge in [0.1, 0.15) is 23.8 Å². The molecule has 1 aliphatic heterocycles. The van der Waals surface area contributed by atoms with Crippen molar-refractivity contribution in [2.24, 2.45) is 5.73 Å². The van der Waals surface area contributed by atoms with Crippen LogP contribution in [0.5, 0.6) is 5.75 Å². The number of likely N-dealkylation sites (tertiary alicyclic amines) is 1. The summed E-state index contributed by atoms with van der Waals surface area (Å²) in [4.78, 5) is 14.4.